The Kier molecular flexibility index (Phi) is 54.2. The van der Waals surface area contributed by atoms with Gasteiger partial charge >= 0.3 is 0 Å². The van der Waals surface area contributed by atoms with E-state index in [-0.39, 0.29) is 11.9 Å². The molecule has 0 fully saturated rings. The van der Waals surface area contributed by atoms with Crippen LogP contribution >= 0.6 is 0 Å². The van der Waals surface area contributed by atoms with Crippen LogP contribution in [0.1, 0.15) is 247 Å². The third kappa shape index (κ3) is 46.2. The van der Waals surface area contributed by atoms with Crippen molar-refractivity contribution >= 4 is 5.91 Å². The van der Waals surface area contributed by atoms with Gasteiger partial charge in [0.2, 0.25) is 0 Å². The monoisotopic (exact) mass is 922 g/mol. The number of unbranched alkanes of at least 4 members (excludes halogenated alkanes) is 26. The number of allylic oxidation sites excluding steroid dienone is 4. The summed E-state index contributed by atoms with van der Waals surface area (Å²) in [6.07, 6.45) is 50.3. The van der Waals surface area contributed by atoms with E-state index < -0.39 is 6.10 Å². The molecule has 0 aliphatic carbocycles. The highest BCUT2D eigenvalue weighted by Gasteiger charge is 2.29. The summed E-state index contributed by atoms with van der Waals surface area (Å²) in [6.45, 7) is 17.6. The van der Waals surface area contributed by atoms with Crippen LogP contribution < -0.4 is 0 Å². The molecule has 0 N–H and O–H groups in total. The molecule has 0 aromatic heterocycles. The molecule has 386 valence electrons. The molecule has 0 aliphatic rings. The van der Waals surface area contributed by atoms with E-state index in [1.54, 1.807) is 0 Å². The first-order chi connectivity index (χ1) is 32.2. The molecule has 0 aromatic carbocycles. The number of rotatable bonds is 55. The van der Waals surface area contributed by atoms with Crippen LogP contribution in [-0.2, 0) is 33.2 Å². The molecule has 8 heteroatoms. The van der Waals surface area contributed by atoms with Crippen LogP contribution in [0.4, 0.5) is 0 Å². The SMILES string of the molecule is CCCCCCCC/C=C\CCCCCCCCOCC(OCCCCCCCC/C=C\CCCCCCCC)C(=O)N(CCOCCOCCOCCOCC)C(CC)CCCCC. The maximum atomic E-state index is 14.4. The first kappa shape index (κ1) is 63.7. The number of hydrogen-bond donors (Lipinski definition) is 0. The van der Waals surface area contributed by atoms with Crippen molar-refractivity contribution in [2.45, 2.75) is 259 Å². The largest absolute Gasteiger partial charge is 0.379 e. The second-order valence-electron chi connectivity index (χ2n) is 18.4. The van der Waals surface area contributed by atoms with Crippen LogP contribution in [0.5, 0.6) is 0 Å². The Bertz CT molecular complexity index is 977. The molecule has 0 heterocycles. The van der Waals surface area contributed by atoms with Gasteiger partial charge in [-0.05, 0) is 84.0 Å². The van der Waals surface area contributed by atoms with Crippen molar-refractivity contribution in [3.05, 3.63) is 24.3 Å². The normalized spacial score (nSPS) is 12.9. The number of ether oxygens (including phenoxy) is 6. The Hall–Kier alpha value is -1.29. The Morgan fingerprint density at radius 1 is 0.400 bits per heavy atom. The molecule has 1 amide bonds. The number of carbonyl (C=O) groups is 1. The lowest BCUT2D eigenvalue weighted by Crippen LogP contribution is -2.49. The molecular weight excluding hydrogens is 811 g/mol. The van der Waals surface area contributed by atoms with Gasteiger partial charge in [-0.15, -0.1) is 0 Å². The van der Waals surface area contributed by atoms with Crippen LogP contribution in [0.2, 0.25) is 0 Å². The van der Waals surface area contributed by atoms with Crippen molar-refractivity contribution in [2.75, 3.05) is 79.2 Å². The van der Waals surface area contributed by atoms with Crippen LogP contribution in [0.25, 0.3) is 0 Å². The molecule has 0 rings (SSSR count). The summed E-state index contributed by atoms with van der Waals surface area (Å²) in [7, 11) is 0. The van der Waals surface area contributed by atoms with E-state index in [0.717, 1.165) is 44.9 Å². The lowest BCUT2D eigenvalue weighted by Gasteiger charge is -2.34. The first-order valence-electron chi connectivity index (χ1n) is 28.3. The highest BCUT2D eigenvalue weighted by atomic mass is 16.6. The molecule has 0 saturated heterocycles. The Morgan fingerprint density at radius 2 is 0.785 bits per heavy atom. The highest BCUT2D eigenvalue weighted by molar-refractivity contribution is 5.81. The van der Waals surface area contributed by atoms with Crippen molar-refractivity contribution in [3.63, 3.8) is 0 Å². The number of hydrogen-bond acceptors (Lipinski definition) is 7. The van der Waals surface area contributed by atoms with Gasteiger partial charge in [0.05, 0.1) is 52.9 Å². The molecule has 0 aromatic rings. The van der Waals surface area contributed by atoms with Crippen LogP contribution in [0.3, 0.4) is 0 Å². The molecule has 65 heavy (non-hydrogen) atoms. The summed E-state index contributed by atoms with van der Waals surface area (Å²) < 4.78 is 35.3. The fraction of sp³-hybridized carbons (Fsp3) is 0.912. The maximum absolute atomic E-state index is 14.4. The van der Waals surface area contributed by atoms with E-state index in [0.29, 0.717) is 79.2 Å². The molecular formula is C57H111NO7. The van der Waals surface area contributed by atoms with Crippen molar-refractivity contribution in [1.29, 1.82) is 0 Å². The third-order valence-electron chi connectivity index (χ3n) is 12.5. The summed E-state index contributed by atoms with van der Waals surface area (Å²) in [5, 5.41) is 0. The molecule has 0 bridgehead atoms. The van der Waals surface area contributed by atoms with Gasteiger partial charge in [0.1, 0.15) is 0 Å². The van der Waals surface area contributed by atoms with Gasteiger partial charge in [0.15, 0.2) is 6.10 Å². The van der Waals surface area contributed by atoms with Crippen molar-refractivity contribution in [2.24, 2.45) is 0 Å². The molecule has 0 spiro atoms. The summed E-state index contributed by atoms with van der Waals surface area (Å²) >= 11 is 0. The molecule has 0 saturated carbocycles. The minimum Gasteiger partial charge on any atom is -0.379 e. The highest BCUT2D eigenvalue weighted by Crippen LogP contribution is 2.18. The Morgan fingerprint density at radius 3 is 1.23 bits per heavy atom. The molecule has 2 unspecified atom stereocenters. The van der Waals surface area contributed by atoms with E-state index in [1.807, 2.05) is 6.92 Å². The van der Waals surface area contributed by atoms with Gasteiger partial charge < -0.3 is 33.3 Å². The van der Waals surface area contributed by atoms with Gasteiger partial charge in [-0.25, -0.2) is 0 Å². The van der Waals surface area contributed by atoms with Gasteiger partial charge in [0.25, 0.3) is 5.91 Å². The molecule has 2 atom stereocenters. The lowest BCUT2D eigenvalue weighted by molar-refractivity contribution is -0.152. The van der Waals surface area contributed by atoms with Crippen LogP contribution in [0, 0.1) is 0 Å². The number of amides is 1. The van der Waals surface area contributed by atoms with E-state index in [1.165, 1.54) is 167 Å². The smallest absolute Gasteiger partial charge is 0.254 e. The average molecular weight is 923 g/mol. The minimum absolute atomic E-state index is 0.0583. The Balaban J connectivity index is 4.90. The van der Waals surface area contributed by atoms with Gasteiger partial charge in [0, 0.05) is 32.4 Å². The van der Waals surface area contributed by atoms with Gasteiger partial charge in [-0.2, -0.15) is 0 Å². The predicted octanol–water partition coefficient (Wildman–Crippen LogP) is 15.7. The second kappa shape index (κ2) is 55.3. The zero-order valence-corrected chi connectivity index (χ0v) is 44.1. The average Bonchev–Trinajstić information content (AvgIpc) is 3.32. The predicted molar refractivity (Wildman–Crippen MR) is 278 cm³/mol. The van der Waals surface area contributed by atoms with Crippen LogP contribution in [-0.4, -0.2) is 102 Å². The zero-order chi connectivity index (χ0) is 47.2. The lowest BCUT2D eigenvalue weighted by atomic mass is 10.0. The van der Waals surface area contributed by atoms with E-state index in [4.69, 9.17) is 28.4 Å². The molecule has 0 radical (unpaired) electrons. The second-order valence-corrected chi connectivity index (χ2v) is 18.4. The molecule has 0 aliphatic heterocycles. The Labute approximate surface area is 404 Å². The summed E-state index contributed by atoms with van der Waals surface area (Å²) in [5.74, 6) is 0.0583. The number of nitrogens with zero attached hydrogens (tertiary/aromatic N) is 1. The zero-order valence-electron chi connectivity index (χ0n) is 44.1. The summed E-state index contributed by atoms with van der Waals surface area (Å²) in [5.41, 5.74) is 0. The van der Waals surface area contributed by atoms with Gasteiger partial charge in [-0.3, -0.25) is 4.79 Å². The van der Waals surface area contributed by atoms with Crippen molar-refractivity contribution in [3.8, 4) is 0 Å². The van der Waals surface area contributed by atoms with Crippen LogP contribution in [0.15, 0.2) is 24.3 Å². The van der Waals surface area contributed by atoms with Crippen molar-refractivity contribution in [1.82, 2.24) is 4.90 Å². The maximum Gasteiger partial charge on any atom is 0.254 e. The summed E-state index contributed by atoms with van der Waals surface area (Å²) in [4.78, 5) is 16.5. The van der Waals surface area contributed by atoms with Crippen molar-refractivity contribution < 1.29 is 33.2 Å². The van der Waals surface area contributed by atoms with E-state index in [2.05, 4.69) is 56.9 Å². The minimum atomic E-state index is -0.585. The quantitative estimate of drug-likeness (QED) is 0.0444. The van der Waals surface area contributed by atoms with Gasteiger partial charge in [-0.1, -0.05) is 187 Å². The standard InChI is InChI=1S/C57H111NO7/c1-6-11-14-16-18-20-22-24-26-28-30-32-34-36-38-41-45-64-54-56(65-46-42-39-37-35-33-31-29-27-25-23-21-19-17-15-12-7-2)57(59)58(55(9-4)43-40-13-8-3)44-47-61-50-51-63-53-52-62-49-48-60-10-5/h24-27,55-56H,6-23,28-54H2,1-5H3/b26-24-,27-25-. The topological polar surface area (TPSA) is 75.7 Å². The van der Waals surface area contributed by atoms with E-state index in [9.17, 15) is 4.79 Å². The fourth-order valence-electron chi connectivity index (χ4n) is 8.24. The van der Waals surface area contributed by atoms with E-state index >= 15 is 0 Å². The molecule has 8 nitrogen and oxygen atoms in total. The fourth-order valence-corrected chi connectivity index (χ4v) is 8.24. The number of carbonyl (C=O) groups excluding carboxylic acids is 1. The first-order valence-corrected chi connectivity index (χ1v) is 28.3. The summed E-state index contributed by atoms with van der Waals surface area (Å²) in [6, 6.07) is 0.162. The third-order valence-corrected chi connectivity index (χ3v) is 12.5.